The molecule has 10 heteroatoms. The fraction of sp³-hybridized carbons (Fsp3) is 0.136. The van der Waals surface area contributed by atoms with Crippen LogP contribution in [0.15, 0.2) is 71.5 Å². The van der Waals surface area contributed by atoms with Crippen molar-refractivity contribution < 1.29 is 19.1 Å². The lowest BCUT2D eigenvalue weighted by Gasteiger charge is -2.00. The van der Waals surface area contributed by atoms with Crippen LogP contribution in [0.2, 0.25) is 0 Å². The van der Waals surface area contributed by atoms with Gasteiger partial charge in [-0.3, -0.25) is 19.4 Å². The molecule has 0 fully saturated rings. The number of nitrogens with two attached hydrogens (primary N) is 2. The Morgan fingerprint density at radius 1 is 0.938 bits per heavy atom. The maximum Gasteiger partial charge on any atom is 0.313 e. The summed E-state index contributed by atoms with van der Waals surface area (Å²) in [6.07, 6.45) is -0.183. The van der Waals surface area contributed by atoms with Gasteiger partial charge in [-0.25, -0.2) is 4.79 Å². The second-order valence-electron chi connectivity index (χ2n) is 6.04. The minimum absolute atomic E-state index is 0.183. The van der Waals surface area contributed by atoms with E-state index in [1.54, 1.807) is 31.2 Å². The minimum atomic E-state index is -0.833. The Kier molecular flexibility index (Phi) is 11.4. The van der Waals surface area contributed by atoms with E-state index >= 15 is 0 Å². The smallest absolute Gasteiger partial charge is 0.313 e. The summed E-state index contributed by atoms with van der Waals surface area (Å²) in [4.78, 5) is 48.0. The maximum atomic E-state index is 11.4. The van der Waals surface area contributed by atoms with Crippen molar-refractivity contribution in [1.82, 2.24) is 9.97 Å². The first-order chi connectivity index (χ1) is 15.2. The Morgan fingerprint density at radius 3 is 1.97 bits per heavy atom. The van der Waals surface area contributed by atoms with Crippen LogP contribution in [0.1, 0.15) is 23.7 Å². The number of carbonyl (C=O) groups is 3. The maximum absolute atomic E-state index is 11.4. The summed E-state index contributed by atoms with van der Waals surface area (Å²) in [5.41, 5.74) is 10.5. The molecule has 1 heterocycles. The highest BCUT2D eigenvalue weighted by molar-refractivity contribution is 7.71. The first-order valence-electron chi connectivity index (χ1n) is 9.40. The third-order valence-corrected chi connectivity index (χ3v) is 3.76. The van der Waals surface area contributed by atoms with Gasteiger partial charge < -0.3 is 21.2 Å². The van der Waals surface area contributed by atoms with Gasteiger partial charge in [-0.15, -0.1) is 0 Å². The fourth-order valence-corrected chi connectivity index (χ4v) is 2.52. The SMILES string of the molecule is CCOC(=O)CC(=O)c1ccccc1.NC(N)=O.O=c1cc(-c2ccccc2)[nH]c(=S)[nH]1. The van der Waals surface area contributed by atoms with Crippen LogP contribution < -0.4 is 17.0 Å². The second-order valence-corrected chi connectivity index (χ2v) is 6.45. The van der Waals surface area contributed by atoms with Crippen molar-refractivity contribution in [3.63, 3.8) is 0 Å². The van der Waals surface area contributed by atoms with Crippen molar-refractivity contribution in [3.8, 4) is 11.3 Å². The molecule has 168 valence electrons. The summed E-state index contributed by atoms with van der Waals surface area (Å²) in [6, 6.07) is 18.9. The number of primary amides is 2. The molecule has 0 aliphatic heterocycles. The van der Waals surface area contributed by atoms with E-state index in [0.29, 0.717) is 16.9 Å². The number of Topliss-reactive ketones (excluding diaryl/α,β-unsaturated/α-hetero) is 1. The molecule has 9 nitrogen and oxygen atoms in total. The summed E-state index contributed by atoms with van der Waals surface area (Å²) in [5, 5.41) is 0. The molecule has 0 aliphatic rings. The van der Waals surface area contributed by atoms with Gasteiger partial charge in [0, 0.05) is 11.6 Å². The Labute approximate surface area is 189 Å². The van der Waals surface area contributed by atoms with Gasteiger partial charge in [0.25, 0.3) is 5.56 Å². The Balaban J connectivity index is 0.000000275. The lowest BCUT2D eigenvalue weighted by Crippen LogP contribution is -2.18. The van der Waals surface area contributed by atoms with Gasteiger partial charge in [0.1, 0.15) is 6.42 Å². The topological polar surface area (TPSA) is 161 Å². The highest BCUT2D eigenvalue weighted by Gasteiger charge is 2.11. The first-order valence-corrected chi connectivity index (χ1v) is 9.81. The van der Waals surface area contributed by atoms with Crippen LogP contribution in [-0.4, -0.2) is 34.4 Å². The number of hydrogen-bond acceptors (Lipinski definition) is 6. The van der Waals surface area contributed by atoms with Crippen LogP contribution >= 0.6 is 12.2 Å². The minimum Gasteiger partial charge on any atom is -0.466 e. The molecule has 1 aromatic heterocycles. The molecule has 0 saturated heterocycles. The highest BCUT2D eigenvalue weighted by Crippen LogP contribution is 2.13. The van der Waals surface area contributed by atoms with E-state index < -0.39 is 12.0 Å². The van der Waals surface area contributed by atoms with Gasteiger partial charge in [-0.05, 0) is 24.7 Å². The van der Waals surface area contributed by atoms with E-state index in [0.717, 1.165) is 11.3 Å². The molecule has 0 bridgehead atoms. The molecule has 2 aromatic carbocycles. The van der Waals surface area contributed by atoms with E-state index in [9.17, 15) is 14.4 Å². The number of rotatable bonds is 5. The number of esters is 1. The van der Waals surface area contributed by atoms with Crippen molar-refractivity contribution in [2.45, 2.75) is 13.3 Å². The number of urea groups is 1. The molecule has 0 spiro atoms. The number of carbonyl (C=O) groups excluding carboxylic acids is 3. The van der Waals surface area contributed by atoms with Crippen LogP contribution in [0, 0.1) is 4.77 Å². The number of ether oxygens (including phenoxy) is 1. The molecule has 2 amide bonds. The number of nitrogens with one attached hydrogen (secondary N) is 2. The summed E-state index contributed by atoms with van der Waals surface area (Å²) in [7, 11) is 0. The van der Waals surface area contributed by atoms with Crippen molar-refractivity contribution in [3.05, 3.63) is 87.4 Å². The monoisotopic (exact) mass is 456 g/mol. The zero-order valence-corrected chi connectivity index (χ0v) is 18.2. The average Bonchev–Trinajstić information content (AvgIpc) is 2.74. The van der Waals surface area contributed by atoms with Crippen LogP contribution in [0.4, 0.5) is 4.79 Å². The number of H-pyrrole nitrogens is 2. The molecule has 0 aliphatic carbocycles. The summed E-state index contributed by atoms with van der Waals surface area (Å²) in [5.74, 6) is -0.676. The van der Waals surface area contributed by atoms with Crippen molar-refractivity contribution >= 4 is 30.0 Å². The van der Waals surface area contributed by atoms with Crippen LogP contribution in [-0.2, 0) is 9.53 Å². The molecule has 6 N–H and O–H groups in total. The third kappa shape index (κ3) is 10.6. The van der Waals surface area contributed by atoms with Gasteiger partial charge in [0.05, 0.1) is 12.3 Å². The predicted molar refractivity (Wildman–Crippen MR) is 123 cm³/mol. The molecular formula is C22H24N4O5S. The van der Waals surface area contributed by atoms with E-state index in [-0.39, 0.29) is 17.8 Å². The molecule has 32 heavy (non-hydrogen) atoms. The zero-order valence-electron chi connectivity index (χ0n) is 17.4. The van der Waals surface area contributed by atoms with Gasteiger partial charge in [-0.2, -0.15) is 0 Å². The molecule has 0 unspecified atom stereocenters. The number of hydrogen-bond donors (Lipinski definition) is 4. The molecule has 0 atom stereocenters. The molecular weight excluding hydrogens is 432 g/mol. The molecule has 3 aromatic rings. The highest BCUT2D eigenvalue weighted by atomic mass is 32.1. The standard InChI is InChI=1S/C11H12O3.C10H8N2OS.CH4N2O/c1-2-14-11(13)8-10(12)9-6-4-3-5-7-9;13-9-6-8(11-10(14)12-9)7-4-2-1-3-5-7;2-1(3)4/h3-7H,2,8H2,1H3;1-6H,(H2,11,12,13,14);(H4,2,3,4). The van der Waals surface area contributed by atoms with Crippen molar-refractivity contribution in [2.24, 2.45) is 11.5 Å². The summed E-state index contributed by atoms with van der Waals surface area (Å²) < 4.78 is 5.02. The van der Waals surface area contributed by atoms with E-state index in [1.807, 2.05) is 36.4 Å². The van der Waals surface area contributed by atoms with Gasteiger partial charge >= 0.3 is 12.0 Å². The lowest BCUT2D eigenvalue weighted by atomic mass is 10.1. The molecule has 0 saturated carbocycles. The number of benzene rings is 2. The quantitative estimate of drug-likeness (QED) is 0.200. The largest absolute Gasteiger partial charge is 0.466 e. The normalized spacial score (nSPS) is 9.28. The van der Waals surface area contributed by atoms with E-state index in [2.05, 4.69) is 26.2 Å². The average molecular weight is 457 g/mol. The van der Waals surface area contributed by atoms with Gasteiger partial charge in [0.15, 0.2) is 10.6 Å². The summed E-state index contributed by atoms with van der Waals surface area (Å²) >= 11 is 4.88. The molecule has 0 radical (unpaired) electrons. The second kappa shape index (κ2) is 14.0. The van der Waals surface area contributed by atoms with Crippen LogP contribution in [0.25, 0.3) is 11.3 Å². The molecule has 3 rings (SSSR count). The zero-order chi connectivity index (χ0) is 23.9. The lowest BCUT2D eigenvalue weighted by molar-refractivity contribution is -0.141. The number of ketones is 1. The Bertz CT molecular complexity index is 1100. The Hall–Kier alpha value is -4.05. The third-order valence-electron chi connectivity index (χ3n) is 3.55. The van der Waals surface area contributed by atoms with Crippen LogP contribution in [0.5, 0.6) is 0 Å². The number of aromatic nitrogens is 2. The van der Waals surface area contributed by atoms with Crippen LogP contribution in [0.3, 0.4) is 0 Å². The van der Waals surface area contributed by atoms with Gasteiger partial charge in [0.2, 0.25) is 0 Å². The fourth-order valence-electron chi connectivity index (χ4n) is 2.31. The van der Waals surface area contributed by atoms with E-state index in [4.69, 9.17) is 17.0 Å². The van der Waals surface area contributed by atoms with Crippen molar-refractivity contribution in [2.75, 3.05) is 6.61 Å². The first kappa shape index (κ1) is 26.0. The summed E-state index contributed by atoms with van der Waals surface area (Å²) in [6.45, 7) is 2.02. The Morgan fingerprint density at radius 2 is 1.47 bits per heavy atom. The number of amides is 2. The van der Waals surface area contributed by atoms with E-state index in [1.165, 1.54) is 6.07 Å². The van der Waals surface area contributed by atoms with Crippen molar-refractivity contribution in [1.29, 1.82) is 0 Å². The van der Waals surface area contributed by atoms with Gasteiger partial charge in [-0.1, -0.05) is 60.7 Å². The predicted octanol–water partition coefficient (Wildman–Crippen LogP) is 2.95. The number of aromatic amines is 2.